The fraction of sp³-hybridized carbons (Fsp3) is 0.700. The predicted octanol–water partition coefficient (Wildman–Crippen LogP) is 3.91. The molecule has 2 aliphatic carbocycles. The minimum atomic E-state index is -3.71. The molecule has 140 valence electrons. The Balaban J connectivity index is 1.66. The molecule has 4 nitrogen and oxygen atoms in total. The summed E-state index contributed by atoms with van der Waals surface area (Å²) >= 11 is 0. The molecule has 0 aliphatic heterocycles. The summed E-state index contributed by atoms with van der Waals surface area (Å²) in [6.07, 6.45) is 4.96. The fourth-order valence-electron chi connectivity index (χ4n) is 5.21. The second-order valence-electron chi connectivity index (χ2n) is 8.28. The Hall–Kier alpha value is -0.910. The van der Waals surface area contributed by atoms with E-state index in [-0.39, 0.29) is 28.9 Å². The van der Waals surface area contributed by atoms with Crippen molar-refractivity contribution in [2.45, 2.75) is 63.9 Å². The molecule has 1 aromatic rings. The van der Waals surface area contributed by atoms with E-state index in [0.29, 0.717) is 11.8 Å². The molecule has 2 unspecified atom stereocenters. The number of hydrogen-bond donors (Lipinski definition) is 1. The molecule has 0 radical (unpaired) electrons. The Labute approximate surface area is 151 Å². The fourth-order valence-corrected chi connectivity index (χ4v) is 6.21. The number of aryl methyl sites for hydroxylation is 1. The van der Waals surface area contributed by atoms with Gasteiger partial charge in [-0.1, -0.05) is 38.0 Å². The zero-order valence-corrected chi connectivity index (χ0v) is 16.3. The average Bonchev–Trinajstić information content (AvgIpc) is 2.92. The smallest absolute Gasteiger partial charge is 0.296 e. The molecule has 3 rings (SSSR count). The van der Waals surface area contributed by atoms with Crippen molar-refractivity contribution in [2.24, 2.45) is 23.2 Å². The van der Waals surface area contributed by atoms with Gasteiger partial charge in [0.25, 0.3) is 10.1 Å². The summed E-state index contributed by atoms with van der Waals surface area (Å²) in [6.45, 7) is 6.50. The van der Waals surface area contributed by atoms with Gasteiger partial charge in [-0.25, -0.2) is 0 Å². The molecule has 0 saturated heterocycles. The van der Waals surface area contributed by atoms with Crippen LogP contribution in [0.1, 0.15) is 51.5 Å². The van der Waals surface area contributed by atoms with E-state index in [9.17, 15) is 13.5 Å². The normalized spacial score (nSPS) is 33.8. The lowest BCUT2D eigenvalue weighted by molar-refractivity contribution is -0.0307. The van der Waals surface area contributed by atoms with Crippen LogP contribution >= 0.6 is 0 Å². The van der Waals surface area contributed by atoms with Crippen molar-refractivity contribution in [3.8, 4) is 0 Å². The van der Waals surface area contributed by atoms with Crippen molar-refractivity contribution in [1.29, 1.82) is 0 Å². The molecule has 2 aliphatic rings. The third-order valence-electron chi connectivity index (χ3n) is 6.65. The van der Waals surface area contributed by atoms with Gasteiger partial charge < -0.3 is 5.11 Å². The molecule has 5 heteroatoms. The van der Waals surface area contributed by atoms with Crippen LogP contribution in [0.25, 0.3) is 0 Å². The summed E-state index contributed by atoms with van der Waals surface area (Å²) in [7, 11) is -3.71. The van der Waals surface area contributed by atoms with Crippen LogP contribution in [0.4, 0.5) is 0 Å². The van der Waals surface area contributed by atoms with Gasteiger partial charge in [0, 0.05) is 0 Å². The molecular formula is C20H30O4S. The zero-order chi connectivity index (χ0) is 18.2. The maximum absolute atomic E-state index is 12.4. The van der Waals surface area contributed by atoms with E-state index in [1.807, 2.05) is 6.92 Å². The number of rotatable bonds is 5. The van der Waals surface area contributed by atoms with Crippen LogP contribution in [0.2, 0.25) is 0 Å². The van der Waals surface area contributed by atoms with Crippen molar-refractivity contribution in [3.05, 3.63) is 29.8 Å². The lowest BCUT2D eigenvalue weighted by Gasteiger charge is -2.45. The highest BCUT2D eigenvalue weighted by Crippen LogP contribution is 2.57. The molecule has 0 heterocycles. The van der Waals surface area contributed by atoms with Gasteiger partial charge in [0.2, 0.25) is 0 Å². The molecule has 1 N–H and O–H groups in total. The van der Waals surface area contributed by atoms with Gasteiger partial charge in [-0.15, -0.1) is 0 Å². The summed E-state index contributed by atoms with van der Waals surface area (Å²) in [6, 6.07) is 6.76. The van der Waals surface area contributed by atoms with Crippen molar-refractivity contribution >= 4 is 10.1 Å². The quantitative estimate of drug-likeness (QED) is 0.803. The molecule has 25 heavy (non-hydrogen) atoms. The van der Waals surface area contributed by atoms with Crippen LogP contribution in [-0.4, -0.2) is 26.2 Å². The molecule has 5 atom stereocenters. The van der Waals surface area contributed by atoms with E-state index in [1.165, 1.54) is 0 Å². The van der Waals surface area contributed by atoms with Crippen LogP contribution in [0.3, 0.4) is 0 Å². The molecule has 1 aromatic carbocycles. The Morgan fingerprint density at radius 1 is 1.24 bits per heavy atom. The lowest BCUT2D eigenvalue weighted by atomic mass is 9.62. The third kappa shape index (κ3) is 3.64. The monoisotopic (exact) mass is 366 g/mol. The third-order valence-corrected chi connectivity index (χ3v) is 7.94. The number of benzene rings is 1. The van der Waals surface area contributed by atoms with Crippen LogP contribution in [0.5, 0.6) is 0 Å². The first-order valence-corrected chi connectivity index (χ1v) is 10.8. The van der Waals surface area contributed by atoms with Crippen LogP contribution in [-0.2, 0) is 14.3 Å². The van der Waals surface area contributed by atoms with Gasteiger partial charge in [0.1, 0.15) is 0 Å². The summed E-state index contributed by atoms with van der Waals surface area (Å²) in [5.41, 5.74) is 1.13. The van der Waals surface area contributed by atoms with Gasteiger partial charge in [-0.2, -0.15) is 8.42 Å². The van der Waals surface area contributed by atoms with Crippen molar-refractivity contribution in [2.75, 3.05) is 6.61 Å². The first-order chi connectivity index (χ1) is 11.7. The van der Waals surface area contributed by atoms with Crippen molar-refractivity contribution in [3.63, 3.8) is 0 Å². The van der Waals surface area contributed by atoms with E-state index >= 15 is 0 Å². The van der Waals surface area contributed by atoms with Gasteiger partial charge in [0.05, 0.1) is 17.6 Å². The predicted molar refractivity (Wildman–Crippen MR) is 97.7 cm³/mol. The largest absolute Gasteiger partial charge is 0.393 e. The van der Waals surface area contributed by atoms with E-state index in [0.717, 1.165) is 37.7 Å². The molecule has 0 spiro atoms. The molecule has 2 fully saturated rings. The van der Waals surface area contributed by atoms with E-state index in [1.54, 1.807) is 24.3 Å². The minimum absolute atomic E-state index is 0.105. The second-order valence-corrected chi connectivity index (χ2v) is 9.90. The number of aliphatic hydroxyl groups excluding tert-OH is 1. The molecule has 2 saturated carbocycles. The van der Waals surface area contributed by atoms with Crippen LogP contribution < -0.4 is 0 Å². The SMILES string of the molecule is Cc1ccc(S(=O)(=O)OC[C@@H](C)[C@H]2CCC3C(O)CCC[C@@]32C)cc1. The molecule has 0 amide bonds. The van der Waals surface area contributed by atoms with E-state index in [2.05, 4.69) is 13.8 Å². The Kier molecular flexibility index (Phi) is 5.29. The Bertz CT molecular complexity index is 697. The first-order valence-electron chi connectivity index (χ1n) is 9.38. The van der Waals surface area contributed by atoms with E-state index < -0.39 is 10.1 Å². The summed E-state index contributed by atoms with van der Waals surface area (Å²) < 4.78 is 30.2. The summed E-state index contributed by atoms with van der Waals surface area (Å²) in [5, 5.41) is 10.3. The second kappa shape index (κ2) is 7.01. The standard InChI is InChI=1S/C20H30O4S/c1-14-6-8-16(9-7-14)25(22,23)24-13-15(2)17-10-11-18-19(21)5-4-12-20(17,18)3/h6-9,15,17-19,21H,4-5,10-13H2,1-3H3/t15-,17-,18?,19?,20-/m1/s1. The highest BCUT2D eigenvalue weighted by atomic mass is 32.2. The van der Waals surface area contributed by atoms with Crippen LogP contribution in [0.15, 0.2) is 29.2 Å². The first kappa shape index (κ1) is 18.9. The van der Waals surface area contributed by atoms with Gasteiger partial charge in [-0.05, 0) is 67.9 Å². The zero-order valence-electron chi connectivity index (χ0n) is 15.4. The van der Waals surface area contributed by atoms with Crippen LogP contribution in [0, 0.1) is 30.1 Å². The van der Waals surface area contributed by atoms with Crippen molar-refractivity contribution < 1.29 is 17.7 Å². The van der Waals surface area contributed by atoms with Gasteiger partial charge in [0.15, 0.2) is 0 Å². The number of fused-ring (bicyclic) bond motifs is 1. The molecule has 0 aromatic heterocycles. The highest BCUT2D eigenvalue weighted by molar-refractivity contribution is 7.86. The lowest BCUT2D eigenvalue weighted by Crippen LogP contribution is -2.42. The van der Waals surface area contributed by atoms with E-state index in [4.69, 9.17) is 4.18 Å². The summed E-state index contributed by atoms with van der Waals surface area (Å²) in [4.78, 5) is 0.217. The Morgan fingerprint density at radius 2 is 1.92 bits per heavy atom. The van der Waals surface area contributed by atoms with Gasteiger partial charge >= 0.3 is 0 Å². The van der Waals surface area contributed by atoms with Crippen molar-refractivity contribution in [1.82, 2.24) is 0 Å². The Morgan fingerprint density at radius 3 is 2.60 bits per heavy atom. The highest BCUT2D eigenvalue weighted by Gasteiger charge is 2.52. The van der Waals surface area contributed by atoms with Gasteiger partial charge in [-0.3, -0.25) is 4.18 Å². The summed E-state index contributed by atoms with van der Waals surface area (Å²) in [5.74, 6) is 0.906. The topological polar surface area (TPSA) is 63.6 Å². The minimum Gasteiger partial charge on any atom is -0.393 e. The average molecular weight is 367 g/mol. The maximum atomic E-state index is 12.4. The number of hydrogen-bond acceptors (Lipinski definition) is 4. The molecular weight excluding hydrogens is 336 g/mol. The maximum Gasteiger partial charge on any atom is 0.296 e. The number of aliphatic hydroxyl groups is 1. The molecule has 0 bridgehead atoms.